The number of hydrogen-bond acceptors (Lipinski definition) is 3. The average molecular weight is 177 g/mol. The van der Waals surface area contributed by atoms with Gasteiger partial charge < -0.3 is 11.1 Å². The van der Waals surface area contributed by atoms with Gasteiger partial charge in [-0.05, 0) is 25.6 Å². The van der Waals surface area contributed by atoms with Crippen LogP contribution >= 0.6 is 0 Å². The molecule has 1 aromatic rings. The molecule has 0 atom stereocenters. The van der Waals surface area contributed by atoms with E-state index in [2.05, 4.69) is 10.3 Å². The topological polar surface area (TPSA) is 50.9 Å². The predicted octanol–water partition coefficient (Wildman–Crippen LogP) is 1.20. The molecule has 0 fully saturated rings. The molecule has 0 aliphatic carbocycles. The number of anilines is 1. The van der Waals surface area contributed by atoms with Crippen molar-refractivity contribution in [2.24, 2.45) is 0 Å². The van der Waals surface area contributed by atoms with Crippen molar-refractivity contribution in [3.63, 3.8) is 0 Å². The quantitative estimate of drug-likeness (QED) is 0.729. The smallest absolute Gasteiger partial charge is 0.0506 e. The van der Waals surface area contributed by atoms with E-state index in [1.54, 1.807) is 6.20 Å². The third-order valence-electron chi connectivity index (χ3n) is 1.77. The van der Waals surface area contributed by atoms with Crippen molar-refractivity contribution < 1.29 is 0 Å². The SMILES string of the molecule is CNCC=Cc1cc(N)cnc1C. The van der Waals surface area contributed by atoms with E-state index >= 15 is 0 Å². The molecule has 0 aliphatic heterocycles. The predicted molar refractivity (Wildman–Crippen MR) is 56.3 cm³/mol. The maximum absolute atomic E-state index is 5.62. The van der Waals surface area contributed by atoms with Gasteiger partial charge >= 0.3 is 0 Å². The lowest BCUT2D eigenvalue weighted by atomic mass is 10.2. The van der Waals surface area contributed by atoms with Crippen molar-refractivity contribution in [2.75, 3.05) is 19.3 Å². The Hall–Kier alpha value is -1.35. The first-order chi connectivity index (χ1) is 6.24. The maximum Gasteiger partial charge on any atom is 0.0506 e. The molecule has 0 aliphatic rings. The lowest BCUT2D eigenvalue weighted by Crippen LogP contribution is -2.03. The Morgan fingerprint density at radius 1 is 1.62 bits per heavy atom. The van der Waals surface area contributed by atoms with Gasteiger partial charge in [0.15, 0.2) is 0 Å². The number of hydrogen-bond donors (Lipinski definition) is 2. The van der Waals surface area contributed by atoms with Gasteiger partial charge in [-0.3, -0.25) is 4.98 Å². The normalized spacial score (nSPS) is 10.9. The molecule has 0 bridgehead atoms. The van der Waals surface area contributed by atoms with Gasteiger partial charge in [0.05, 0.1) is 11.9 Å². The van der Waals surface area contributed by atoms with Crippen molar-refractivity contribution in [2.45, 2.75) is 6.92 Å². The molecular weight excluding hydrogens is 162 g/mol. The van der Waals surface area contributed by atoms with Gasteiger partial charge in [0.2, 0.25) is 0 Å². The van der Waals surface area contributed by atoms with E-state index < -0.39 is 0 Å². The van der Waals surface area contributed by atoms with Crippen molar-refractivity contribution in [3.8, 4) is 0 Å². The molecule has 0 radical (unpaired) electrons. The molecule has 1 rings (SSSR count). The minimum Gasteiger partial charge on any atom is -0.397 e. The number of likely N-dealkylation sites (N-methyl/N-ethyl adjacent to an activating group) is 1. The molecule has 1 aromatic heterocycles. The molecule has 70 valence electrons. The molecule has 0 amide bonds. The molecule has 3 heteroatoms. The second-order valence-electron chi connectivity index (χ2n) is 2.90. The Morgan fingerprint density at radius 2 is 2.38 bits per heavy atom. The number of nitrogen functional groups attached to an aromatic ring is 1. The standard InChI is InChI=1S/C10H15N3/c1-8-9(4-3-5-12-2)6-10(11)7-13-8/h3-4,6-7,12H,5,11H2,1-2H3. The van der Waals surface area contributed by atoms with Crippen LogP contribution in [0.5, 0.6) is 0 Å². The highest BCUT2D eigenvalue weighted by Gasteiger charge is 1.94. The van der Waals surface area contributed by atoms with E-state index in [9.17, 15) is 0 Å². The minimum absolute atomic E-state index is 0.703. The zero-order valence-electron chi connectivity index (χ0n) is 8.04. The number of aromatic nitrogens is 1. The highest BCUT2D eigenvalue weighted by molar-refractivity contribution is 5.56. The molecule has 0 unspecified atom stereocenters. The van der Waals surface area contributed by atoms with E-state index in [1.165, 1.54) is 0 Å². The highest BCUT2D eigenvalue weighted by atomic mass is 14.8. The van der Waals surface area contributed by atoms with Crippen LogP contribution in [0.1, 0.15) is 11.3 Å². The third kappa shape index (κ3) is 2.87. The van der Waals surface area contributed by atoms with Gasteiger partial charge in [-0.25, -0.2) is 0 Å². The molecule has 0 spiro atoms. The zero-order chi connectivity index (χ0) is 9.68. The largest absolute Gasteiger partial charge is 0.397 e. The number of pyridine rings is 1. The van der Waals surface area contributed by atoms with Crippen molar-refractivity contribution in [1.29, 1.82) is 0 Å². The van der Waals surface area contributed by atoms with Crippen molar-refractivity contribution in [3.05, 3.63) is 29.6 Å². The fourth-order valence-electron chi connectivity index (χ4n) is 1.04. The molecule has 0 saturated heterocycles. The molecule has 3 N–H and O–H groups in total. The maximum atomic E-state index is 5.62. The Bertz CT molecular complexity index is 305. The van der Waals surface area contributed by atoms with Crippen LogP contribution in [0, 0.1) is 6.92 Å². The van der Waals surface area contributed by atoms with Gasteiger partial charge in [-0.15, -0.1) is 0 Å². The van der Waals surface area contributed by atoms with E-state index in [1.807, 2.05) is 32.2 Å². The molecule has 0 saturated carbocycles. The van der Waals surface area contributed by atoms with Crippen LogP contribution in [0.2, 0.25) is 0 Å². The van der Waals surface area contributed by atoms with Crippen molar-refractivity contribution in [1.82, 2.24) is 10.3 Å². The Labute approximate surface area is 78.7 Å². The second-order valence-corrected chi connectivity index (χ2v) is 2.90. The minimum atomic E-state index is 0.703. The summed E-state index contributed by atoms with van der Waals surface area (Å²) in [5, 5.41) is 3.03. The first-order valence-corrected chi connectivity index (χ1v) is 4.27. The van der Waals surface area contributed by atoms with Crippen molar-refractivity contribution >= 4 is 11.8 Å². The van der Waals surface area contributed by atoms with Gasteiger partial charge in [0.25, 0.3) is 0 Å². The summed E-state index contributed by atoms with van der Waals surface area (Å²) >= 11 is 0. The average Bonchev–Trinajstić information content (AvgIpc) is 2.11. The summed E-state index contributed by atoms with van der Waals surface area (Å²) in [7, 11) is 1.91. The van der Waals surface area contributed by atoms with Crippen LogP contribution in [0.4, 0.5) is 5.69 Å². The summed E-state index contributed by atoms with van der Waals surface area (Å²) in [5.41, 5.74) is 8.40. The zero-order valence-corrected chi connectivity index (χ0v) is 8.04. The first-order valence-electron chi connectivity index (χ1n) is 4.27. The molecular formula is C10H15N3. The van der Waals surface area contributed by atoms with Crippen LogP contribution < -0.4 is 11.1 Å². The van der Waals surface area contributed by atoms with Crippen LogP contribution in [0.15, 0.2) is 18.3 Å². The number of aryl methyl sites for hydroxylation is 1. The Kier molecular flexibility index (Phi) is 3.46. The van der Waals surface area contributed by atoms with Crippen LogP contribution in [0.25, 0.3) is 6.08 Å². The Balaban J connectivity index is 2.81. The molecule has 13 heavy (non-hydrogen) atoms. The van der Waals surface area contributed by atoms with E-state index in [0.29, 0.717) is 5.69 Å². The van der Waals surface area contributed by atoms with Gasteiger partial charge in [0.1, 0.15) is 0 Å². The third-order valence-corrected chi connectivity index (χ3v) is 1.77. The van der Waals surface area contributed by atoms with E-state index in [4.69, 9.17) is 5.73 Å². The lowest BCUT2D eigenvalue weighted by Gasteiger charge is -2.00. The highest BCUT2D eigenvalue weighted by Crippen LogP contribution is 2.10. The first kappa shape index (κ1) is 9.74. The number of nitrogens with zero attached hydrogens (tertiary/aromatic N) is 1. The summed E-state index contributed by atoms with van der Waals surface area (Å²) in [6, 6.07) is 1.93. The van der Waals surface area contributed by atoms with E-state index in [-0.39, 0.29) is 0 Å². The molecule has 3 nitrogen and oxygen atoms in total. The van der Waals surface area contributed by atoms with E-state index in [0.717, 1.165) is 17.8 Å². The fourth-order valence-corrected chi connectivity index (χ4v) is 1.04. The number of rotatable bonds is 3. The number of nitrogens with two attached hydrogens (primary N) is 1. The summed E-state index contributed by atoms with van der Waals surface area (Å²) in [6.07, 6.45) is 5.74. The van der Waals surface area contributed by atoms with Crippen LogP contribution in [0.3, 0.4) is 0 Å². The van der Waals surface area contributed by atoms with Gasteiger partial charge in [-0.2, -0.15) is 0 Å². The molecule has 1 heterocycles. The second kappa shape index (κ2) is 4.62. The lowest BCUT2D eigenvalue weighted by molar-refractivity contribution is 0.922. The summed E-state index contributed by atoms with van der Waals surface area (Å²) < 4.78 is 0. The van der Waals surface area contributed by atoms with Crippen LogP contribution in [-0.4, -0.2) is 18.6 Å². The van der Waals surface area contributed by atoms with Gasteiger partial charge in [-0.1, -0.05) is 12.2 Å². The van der Waals surface area contributed by atoms with Gasteiger partial charge in [0, 0.05) is 12.2 Å². The van der Waals surface area contributed by atoms with Crippen LogP contribution in [-0.2, 0) is 0 Å². The number of nitrogens with one attached hydrogen (secondary N) is 1. The Morgan fingerprint density at radius 3 is 3.08 bits per heavy atom. The summed E-state index contributed by atoms with van der Waals surface area (Å²) in [4.78, 5) is 4.16. The summed E-state index contributed by atoms with van der Waals surface area (Å²) in [6.45, 7) is 2.83. The fraction of sp³-hybridized carbons (Fsp3) is 0.300. The molecule has 0 aromatic carbocycles. The summed E-state index contributed by atoms with van der Waals surface area (Å²) in [5.74, 6) is 0. The monoisotopic (exact) mass is 177 g/mol.